The average Bonchev–Trinajstić information content (AvgIpc) is 3.23. The first kappa shape index (κ1) is 23.6. The number of nitrogens with zero attached hydrogens (tertiary/aromatic N) is 3. The third-order valence-electron chi connectivity index (χ3n) is 3.97. The zero-order valence-corrected chi connectivity index (χ0v) is 17.7. The molecule has 1 aromatic carbocycles. The summed E-state index contributed by atoms with van der Waals surface area (Å²) in [6.45, 7) is 0.541. The molecule has 0 fully saturated rings. The number of ether oxygens (including phenoxy) is 1. The molecule has 14 heteroatoms. The molecule has 3 aromatic rings. The monoisotopic (exact) mass is 490 g/mol. The van der Waals surface area contributed by atoms with Gasteiger partial charge in [-0.15, -0.1) is 0 Å². The van der Waals surface area contributed by atoms with E-state index >= 15 is 0 Å². The SMILES string of the molecule is CC(OC(=O)CNS(=O)(=O)c1cc(C(F)(F)F)ccc1Cl)c1nc(-c2cccnc2)no1. The van der Waals surface area contributed by atoms with Gasteiger partial charge in [0.05, 0.1) is 10.6 Å². The second-order valence-corrected chi connectivity index (χ2v) is 8.44. The number of pyridine rings is 1. The minimum absolute atomic E-state index is 0.0546. The van der Waals surface area contributed by atoms with Gasteiger partial charge < -0.3 is 9.26 Å². The van der Waals surface area contributed by atoms with Crippen LogP contribution >= 0.6 is 11.6 Å². The van der Waals surface area contributed by atoms with Gasteiger partial charge in [0, 0.05) is 18.0 Å². The molecule has 32 heavy (non-hydrogen) atoms. The van der Waals surface area contributed by atoms with E-state index in [1.165, 1.54) is 13.1 Å². The maximum Gasteiger partial charge on any atom is 0.416 e. The van der Waals surface area contributed by atoms with Crippen LogP contribution in [0.25, 0.3) is 11.4 Å². The van der Waals surface area contributed by atoms with E-state index in [-0.39, 0.29) is 11.7 Å². The first-order valence-electron chi connectivity index (χ1n) is 8.77. The Morgan fingerprint density at radius 3 is 2.72 bits per heavy atom. The molecule has 2 aromatic heterocycles. The van der Waals surface area contributed by atoms with Gasteiger partial charge in [-0.1, -0.05) is 16.8 Å². The summed E-state index contributed by atoms with van der Waals surface area (Å²) in [6.07, 6.45) is -2.74. The van der Waals surface area contributed by atoms with Crippen molar-refractivity contribution in [2.75, 3.05) is 6.54 Å². The highest BCUT2D eigenvalue weighted by molar-refractivity contribution is 7.89. The quantitative estimate of drug-likeness (QED) is 0.500. The molecule has 3 rings (SSSR count). The van der Waals surface area contributed by atoms with Crippen LogP contribution in [0.1, 0.15) is 24.5 Å². The summed E-state index contributed by atoms with van der Waals surface area (Å²) < 4.78 is 75.2. The van der Waals surface area contributed by atoms with E-state index in [1.807, 2.05) is 4.72 Å². The molecule has 0 radical (unpaired) electrons. The first-order valence-corrected chi connectivity index (χ1v) is 10.6. The van der Waals surface area contributed by atoms with E-state index in [1.54, 1.807) is 18.3 Å². The van der Waals surface area contributed by atoms with E-state index < -0.39 is 50.3 Å². The van der Waals surface area contributed by atoms with Crippen molar-refractivity contribution < 1.29 is 35.6 Å². The van der Waals surface area contributed by atoms with Crippen molar-refractivity contribution in [3.63, 3.8) is 0 Å². The van der Waals surface area contributed by atoms with Crippen molar-refractivity contribution in [2.24, 2.45) is 0 Å². The number of hydrogen-bond acceptors (Lipinski definition) is 8. The van der Waals surface area contributed by atoms with Crippen LogP contribution in [0.2, 0.25) is 5.02 Å². The molecular weight excluding hydrogens is 477 g/mol. The molecule has 1 unspecified atom stereocenters. The summed E-state index contributed by atoms with van der Waals surface area (Å²) in [7, 11) is -4.54. The molecule has 0 bridgehead atoms. The zero-order valence-electron chi connectivity index (χ0n) is 16.1. The maximum atomic E-state index is 12.9. The number of carbonyl (C=O) groups is 1. The largest absolute Gasteiger partial charge is 0.452 e. The number of sulfonamides is 1. The lowest BCUT2D eigenvalue weighted by atomic mass is 10.2. The molecule has 1 atom stereocenters. The van der Waals surface area contributed by atoms with Crippen LogP contribution in [0.15, 0.2) is 52.1 Å². The third-order valence-corrected chi connectivity index (χ3v) is 5.85. The lowest BCUT2D eigenvalue weighted by Crippen LogP contribution is -2.31. The lowest BCUT2D eigenvalue weighted by molar-refractivity contribution is -0.148. The average molecular weight is 491 g/mol. The first-order chi connectivity index (χ1) is 15.0. The topological polar surface area (TPSA) is 124 Å². The summed E-state index contributed by atoms with van der Waals surface area (Å²) in [5, 5.41) is 3.30. The van der Waals surface area contributed by atoms with Crippen LogP contribution in [0.3, 0.4) is 0 Å². The molecular formula is C18H14ClF3N4O5S. The van der Waals surface area contributed by atoms with Crippen molar-refractivity contribution in [1.29, 1.82) is 0 Å². The number of alkyl halides is 3. The Balaban J connectivity index is 1.64. The van der Waals surface area contributed by atoms with Gasteiger partial charge in [0.15, 0.2) is 6.10 Å². The Bertz CT molecular complexity index is 1220. The normalized spacial score (nSPS) is 13.0. The molecule has 0 aliphatic heterocycles. The number of rotatable bonds is 7. The van der Waals surface area contributed by atoms with Crippen LogP contribution in [-0.4, -0.2) is 36.1 Å². The van der Waals surface area contributed by atoms with Gasteiger partial charge >= 0.3 is 12.1 Å². The van der Waals surface area contributed by atoms with Crippen molar-refractivity contribution in [1.82, 2.24) is 19.8 Å². The van der Waals surface area contributed by atoms with Gasteiger partial charge in [0.1, 0.15) is 11.4 Å². The molecule has 2 heterocycles. The summed E-state index contributed by atoms with van der Waals surface area (Å²) in [4.78, 5) is 19.2. The fourth-order valence-electron chi connectivity index (χ4n) is 2.42. The fourth-order valence-corrected chi connectivity index (χ4v) is 3.91. The van der Waals surface area contributed by atoms with E-state index in [9.17, 15) is 26.4 Å². The molecule has 0 aliphatic carbocycles. The molecule has 0 amide bonds. The number of nitrogens with one attached hydrogen (secondary N) is 1. The standard InChI is InChI=1S/C18H14ClF3N4O5S/c1-10(17-25-16(26-31-17)11-3-2-6-23-8-11)30-15(27)9-24-32(28,29)14-7-12(18(20,21)22)4-5-13(14)19/h2-8,10,24H,9H2,1H3. The van der Waals surface area contributed by atoms with Crippen LogP contribution in [0, 0.1) is 0 Å². The summed E-state index contributed by atoms with van der Waals surface area (Å²) in [5.41, 5.74) is -0.647. The minimum atomic E-state index is -4.78. The Kier molecular flexibility index (Phi) is 6.81. The van der Waals surface area contributed by atoms with Crippen LogP contribution < -0.4 is 4.72 Å². The predicted molar refractivity (Wildman–Crippen MR) is 104 cm³/mol. The Morgan fingerprint density at radius 2 is 2.06 bits per heavy atom. The predicted octanol–water partition coefficient (Wildman–Crippen LogP) is 3.39. The van der Waals surface area contributed by atoms with Gasteiger partial charge in [0.25, 0.3) is 5.89 Å². The van der Waals surface area contributed by atoms with Gasteiger partial charge in [-0.05, 0) is 37.3 Å². The number of halogens is 4. The second kappa shape index (κ2) is 9.22. The number of hydrogen-bond donors (Lipinski definition) is 1. The third kappa shape index (κ3) is 5.60. The highest BCUT2D eigenvalue weighted by Gasteiger charge is 2.33. The van der Waals surface area contributed by atoms with E-state index in [2.05, 4.69) is 15.1 Å². The van der Waals surface area contributed by atoms with Gasteiger partial charge in [0.2, 0.25) is 15.8 Å². The van der Waals surface area contributed by atoms with Crippen LogP contribution in [0.4, 0.5) is 13.2 Å². The minimum Gasteiger partial charge on any atom is -0.452 e. The van der Waals surface area contributed by atoms with Crippen molar-refractivity contribution in [2.45, 2.75) is 24.1 Å². The molecule has 1 N–H and O–H groups in total. The van der Waals surface area contributed by atoms with Crippen molar-refractivity contribution in [3.8, 4) is 11.4 Å². The number of benzene rings is 1. The Hall–Kier alpha value is -3.03. The molecule has 0 saturated carbocycles. The van der Waals surface area contributed by atoms with E-state index in [0.717, 1.165) is 6.07 Å². The molecule has 0 saturated heterocycles. The summed E-state index contributed by atoms with van der Waals surface area (Å²) in [6, 6.07) is 5.16. The zero-order chi connectivity index (χ0) is 23.5. The highest BCUT2D eigenvalue weighted by Crippen LogP contribution is 2.33. The van der Waals surface area contributed by atoms with Crippen LogP contribution in [0.5, 0.6) is 0 Å². The van der Waals surface area contributed by atoms with Gasteiger partial charge in [-0.25, -0.2) is 8.42 Å². The van der Waals surface area contributed by atoms with Gasteiger partial charge in [-0.3, -0.25) is 9.78 Å². The van der Waals surface area contributed by atoms with E-state index in [0.29, 0.717) is 17.7 Å². The summed E-state index contributed by atoms with van der Waals surface area (Å²) >= 11 is 5.73. The highest BCUT2D eigenvalue weighted by atomic mass is 35.5. The molecule has 9 nitrogen and oxygen atoms in total. The fraction of sp³-hybridized carbons (Fsp3) is 0.222. The van der Waals surface area contributed by atoms with Crippen molar-refractivity contribution >= 4 is 27.6 Å². The summed E-state index contributed by atoms with van der Waals surface area (Å²) in [5.74, 6) is -0.887. The second-order valence-electron chi connectivity index (χ2n) is 6.30. The van der Waals surface area contributed by atoms with Crippen LogP contribution in [-0.2, 0) is 25.7 Å². The maximum absolute atomic E-state index is 12.9. The van der Waals surface area contributed by atoms with Gasteiger partial charge in [-0.2, -0.15) is 22.9 Å². The number of aromatic nitrogens is 3. The number of esters is 1. The molecule has 0 spiro atoms. The lowest BCUT2D eigenvalue weighted by Gasteiger charge is -2.13. The van der Waals surface area contributed by atoms with E-state index in [4.69, 9.17) is 20.9 Å². The number of carbonyl (C=O) groups excluding carboxylic acids is 1. The Labute approximate surface area is 184 Å². The molecule has 170 valence electrons. The van der Waals surface area contributed by atoms with Crippen molar-refractivity contribution in [3.05, 3.63) is 59.2 Å². The smallest absolute Gasteiger partial charge is 0.416 e. The molecule has 0 aliphatic rings. The Morgan fingerprint density at radius 1 is 1.31 bits per heavy atom.